The van der Waals surface area contributed by atoms with Gasteiger partial charge in [0.1, 0.15) is 0 Å². The number of carboxylic acids is 1. The number of rotatable bonds is 10. The van der Waals surface area contributed by atoms with Gasteiger partial charge in [-0.15, -0.1) is 0 Å². The maximum Gasteiger partial charge on any atom is 0.303 e. The molecular weight excluding hydrogens is 346 g/mol. The molecule has 0 saturated carbocycles. The van der Waals surface area contributed by atoms with Crippen LogP contribution in [0, 0.1) is 5.92 Å². The Balaban J connectivity index is 2.77. The lowest BCUT2D eigenvalue weighted by molar-refractivity contribution is -0.137. The van der Waals surface area contributed by atoms with Gasteiger partial charge in [-0.25, -0.2) is 13.1 Å². The smallest absolute Gasteiger partial charge is 0.303 e. The normalized spacial score (nSPS) is 12.8. The van der Waals surface area contributed by atoms with E-state index in [4.69, 9.17) is 10.8 Å². The number of amides is 1. The number of carbonyl (C=O) groups excluding carboxylic acids is 1. The highest BCUT2D eigenvalue weighted by Gasteiger charge is 2.25. The van der Waals surface area contributed by atoms with Crippen LogP contribution in [0.1, 0.15) is 33.1 Å². The summed E-state index contributed by atoms with van der Waals surface area (Å²) >= 11 is 0. The van der Waals surface area contributed by atoms with E-state index < -0.39 is 27.9 Å². The van der Waals surface area contributed by atoms with E-state index in [9.17, 15) is 18.0 Å². The SMILES string of the molecule is CC(C)C[C@H](NCCCC(=O)O)C(=O)NS(=O)(=O)c1cccc(N)c1. The highest BCUT2D eigenvalue weighted by atomic mass is 32.2. The first-order valence-electron chi connectivity index (χ1n) is 7.99. The second-order valence-corrected chi connectivity index (χ2v) is 7.86. The number of anilines is 1. The number of aliphatic carboxylic acids is 1. The van der Waals surface area contributed by atoms with E-state index in [0.717, 1.165) is 0 Å². The minimum Gasteiger partial charge on any atom is -0.481 e. The predicted molar refractivity (Wildman–Crippen MR) is 94.3 cm³/mol. The first kappa shape index (κ1) is 20.9. The van der Waals surface area contributed by atoms with Crippen molar-refractivity contribution >= 4 is 27.6 Å². The number of benzene rings is 1. The molecule has 1 atom stereocenters. The van der Waals surface area contributed by atoms with E-state index in [2.05, 4.69) is 10.0 Å². The molecule has 1 aromatic carbocycles. The van der Waals surface area contributed by atoms with Crippen molar-refractivity contribution < 1.29 is 23.1 Å². The van der Waals surface area contributed by atoms with Crippen molar-refractivity contribution in [3.63, 3.8) is 0 Å². The van der Waals surface area contributed by atoms with Crippen molar-refractivity contribution in [2.75, 3.05) is 12.3 Å². The van der Waals surface area contributed by atoms with Crippen molar-refractivity contribution in [3.05, 3.63) is 24.3 Å². The molecule has 0 aromatic heterocycles. The molecule has 1 amide bonds. The number of carbonyl (C=O) groups is 2. The number of sulfonamides is 1. The first-order valence-corrected chi connectivity index (χ1v) is 9.47. The van der Waals surface area contributed by atoms with Crippen LogP contribution >= 0.6 is 0 Å². The molecule has 0 fully saturated rings. The molecule has 0 aliphatic carbocycles. The average molecular weight is 371 g/mol. The van der Waals surface area contributed by atoms with Gasteiger partial charge in [-0.3, -0.25) is 9.59 Å². The molecule has 1 aromatic rings. The molecule has 0 bridgehead atoms. The third-order valence-corrected chi connectivity index (χ3v) is 4.73. The Morgan fingerprint density at radius 2 is 1.96 bits per heavy atom. The third-order valence-electron chi connectivity index (χ3n) is 3.39. The minimum atomic E-state index is -4.02. The van der Waals surface area contributed by atoms with E-state index in [0.29, 0.717) is 19.4 Å². The lowest BCUT2D eigenvalue weighted by Crippen LogP contribution is -2.47. The quantitative estimate of drug-likeness (QED) is 0.354. The van der Waals surface area contributed by atoms with Gasteiger partial charge < -0.3 is 16.2 Å². The molecule has 0 unspecified atom stereocenters. The number of hydrogen-bond donors (Lipinski definition) is 4. The zero-order valence-corrected chi connectivity index (χ0v) is 15.2. The van der Waals surface area contributed by atoms with E-state index >= 15 is 0 Å². The van der Waals surface area contributed by atoms with Gasteiger partial charge in [-0.05, 0) is 43.5 Å². The zero-order valence-electron chi connectivity index (χ0n) is 14.4. The topological polar surface area (TPSA) is 139 Å². The van der Waals surface area contributed by atoms with Crippen LogP contribution in [-0.4, -0.2) is 38.0 Å². The van der Waals surface area contributed by atoms with Crippen LogP contribution in [0.15, 0.2) is 29.2 Å². The Hall–Kier alpha value is -2.13. The average Bonchev–Trinajstić information content (AvgIpc) is 2.49. The Bertz CT molecular complexity index is 703. The molecule has 5 N–H and O–H groups in total. The largest absolute Gasteiger partial charge is 0.481 e. The molecule has 25 heavy (non-hydrogen) atoms. The van der Waals surface area contributed by atoms with Crippen LogP contribution < -0.4 is 15.8 Å². The predicted octanol–water partition coefficient (Wildman–Crippen LogP) is 0.943. The van der Waals surface area contributed by atoms with Crippen LogP contribution in [-0.2, 0) is 19.6 Å². The number of nitrogens with one attached hydrogen (secondary N) is 2. The summed E-state index contributed by atoms with van der Waals surface area (Å²) in [6.45, 7) is 4.12. The van der Waals surface area contributed by atoms with E-state index in [1.54, 1.807) is 6.07 Å². The van der Waals surface area contributed by atoms with Crippen molar-refractivity contribution in [3.8, 4) is 0 Å². The number of nitrogens with two attached hydrogens (primary N) is 1. The van der Waals surface area contributed by atoms with Crippen LogP contribution in [0.3, 0.4) is 0 Å². The van der Waals surface area contributed by atoms with Crippen LogP contribution in [0.4, 0.5) is 5.69 Å². The summed E-state index contributed by atoms with van der Waals surface area (Å²) in [4.78, 5) is 22.8. The van der Waals surface area contributed by atoms with E-state index in [-0.39, 0.29) is 22.9 Å². The van der Waals surface area contributed by atoms with Crippen molar-refractivity contribution in [2.24, 2.45) is 5.92 Å². The minimum absolute atomic E-state index is 0.0232. The lowest BCUT2D eigenvalue weighted by Gasteiger charge is -2.20. The molecule has 0 aliphatic heterocycles. The van der Waals surface area contributed by atoms with E-state index in [1.165, 1.54) is 18.2 Å². The van der Waals surface area contributed by atoms with Gasteiger partial charge >= 0.3 is 5.97 Å². The maximum atomic E-state index is 12.4. The molecule has 0 radical (unpaired) electrons. The highest BCUT2D eigenvalue weighted by molar-refractivity contribution is 7.90. The van der Waals surface area contributed by atoms with Crippen LogP contribution in [0.25, 0.3) is 0 Å². The number of hydrogen-bond acceptors (Lipinski definition) is 6. The summed E-state index contributed by atoms with van der Waals surface area (Å²) in [7, 11) is -4.02. The fourth-order valence-electron chi connectivity index (χ4n) is 2.21. The summed E-state index contributed by atoms with van der Waals surface area (Å²) in [6, 6.07) is 4.93. The first-order chi connectivity index (χ1) is 11.6. The maximum absolute atomic E-state index is 12.4. The summed E-state index contributed by atoms with van der Waals surface area (Å²) in [5.41, 5.74) is 5.86. The van der Waals surface area contributed by atoms with Crippen molar-refractivity contribution in [1.82, 2.24) is 10.0 Å². The summed E-state index contributed by atoms with van der Waals surface area (Å²) in [5.74, 6) is -1.44. The Morgan fingerprint density at radius 1 is 1.28 bits per heavy atom. The van der Waals surface area contributed by atoms with Gasteiger partial charge in [0.2, 0.25) is 0 Å². The Labute approximate surface area is 147 Å². The fourth-order valence-corrected chi connectivity index (χ4v) is 3.29. The van der Waals surface area contributed by atoms with Crippen LogP contribution in [0.2, 0.25) is 0 Å². The van der Waals surface area contributed by atoms with Gasteiger partial charge in [0, 0.05) is 12.1 Å². The summed E-state index contributed by atoms with van der Waals surface area (Å²) in [6.07, 6.45) is 0.745. The fraction of sp³-hybridized carbons (Fsp3) is 0.500. The highest BCUT2D eigenvalue weighted by Crippen LogP contribution is 2.13. The van der Waals surface area contributed by atoms with Gasteiger partial charge in [0.05, 0.1) is 10.9 Å². The number of nitrogen functional groups attached to an aromatic ring is 1. The monoisotopic (exact) mass is 371 g/mol. The van der Waals surface area contributed by atoms with E-state index in [1.807, 2.05) is 13.8 Å². The van der Waals surface area contributed by atoms with Crippen molar-refractivity contribution in [1.29, 1.82) is 0 Å². The summed E-state index contributed by atoms with van der Waals surface area (Å²) in [5, 5.41) is 11.6. The Kier molecular flexibility index (Phi) is 7.85. The molecule has 0 heterocycles. The molecular formula is C16H25N3O5S. The standard InChI is InChI=1S/C16H25N3O5S/c1-11(2)9-14(18-8-4-7-15(20)21)16(22)19-25(23,24)13-6-3-5-12(17)10-13/h3,5-6,10-11,14,18H,4,7-9,17H2,1-2H3,(H,19,22)(H,20,21)/t14-/m0/s1. The second-order valence-electron chi connectivity index (χ2n) is 6.18. The lowest BCUT2D eigenvalue weighted by atomic mass is 10.0. The van der Waals surface area contributed by atoms with Gasteiger partial charge in [-0.2, -0.15) is 0 Å². The molecule has 0 spiro atoms. The second kappa shape index (κ2) is 9.38. The number of carboxylic acid groups (broad SMARTS) is 1. The molecule has 9 heteroatoms. The molecule has 0 saturated heterocycles. The van der Waals surface area contributed by atoms with Crippen molar-refractivity contribution in [2.45, 2.75) is 44.0 Å². The van der Waals surface area contributed by atoms with Gasteiger partial charge in [0.15, 0.2) is 0 Å². The van der Waals surface area contributed by atoms with Gasteiger partial charge in [0.25, 0.3) is 15.9 Å². The molecule has 1 rings (SSSR count). The third kappa shape index (κ3) is 7.53. The molecule has 140 valence electrons. The molecule has 8 nitrogen and oxygen atoms in total. The zero-order chi connectivity index (χ0) is 19.0. The summed E-state index contributed by atoms with van der Waals surface area (Å²) < 4.78 is 26.7. The Morgan fingerprint density at radius 3 is 2.52 bits per heavy atom. The van der Waals surface area contributed by atoms with Gasteiger partial charge in [-0.1, -0.05) is 19.9 Å². The molecule has 0 aliphatic rings. The van der Waals surface area contributed by atoms with Crippen LogP contribution in [0.5, 0.6) is 0 Å².